The lowest BCUT2D eigenvalue weighted by Crippen LogP contribution is -2.43. The summed E-state index contributed by atoms with van der Waals surface area (Å²) in [5.74, 6) is 0.354. The molecule has 0 saturated heterocycles. The quantitative estimate of drug-likeness (QED) is 0.0177. The SMILES string of the molecule is S.[C-]#[N+]/C(=C\c1nccs1)C(=O)N[C@@H](CCC)c1ccc(OCCOCCOCCOCCOCCOCCOCCCC(=O)c2ccc(-c3ccc4c(c3)[C@H](Nc3ccc(Cl)cc3)C[C@H](C)N4C(C)=O)cc2)cc1. The third kappa shape index (κ3) is 20.1. The smallest absolute Gasteiger partial charge is 0.252 e. The number of benzene rings is 4. The number of ketones is 1. The van der Waals surface area contributed by atoms with Crippen molar-refractivity contribution in [3.8, 4) is 16.9 Å². The summed E-state index contributed by atoms with van der Waals surface area (Å²) in [4.78, 5) is 47.9. The Balaban J connectivity index is 0.0000104. The van der Waals surface area contributed by atoms with Crippen LogP contribution in [0, 0.1) is 6.57 Å². The average Bonchev–Trinajstić information content (AvgIpc) is 3.93. The summed E-state index contributed by atoms with van der Waals surface area (Å²) in [6.45, 7) is 18.9. The van der Waals surface area contributed by atoms with Crippen LogP contribution in [-0.4, -0.2) is 115 Å². The molecule has 1 aliphatic heterocycles. The van der Waals surface area contributed by atoms with E-state index in [9.17, 15) is 14.4 Å². The Morgan fingerprint density at radius 1 is 0.800 bits per heavy atom. The van der Waals surface area contributed by atoms with Crippen LogP contribution in [-0.2, 0) is 38.0 Å². The van der Waals surface area contributed by atoms with E-state index in [2.05, 4.69) is 40.4 Å². The number of hydrogen-bond acceptors (Lipinski definition) is 13. The number of rotatable bonds is 33. The molecule has 4 aromatic carbocycles. The minimum Gasteiger partial charge on any atom is -0.491 e. The number of fused-ring (bicyclic) bond motifs is 1. The monoisotopic (exact) mass is 1080 g/mol. The van der Waals surface area contributed by atoms with Crippen LogP contribution < -0.4 is 20.3 Å². The number of amides is 2. The summed E-state index contributed by atoms with van der Waals surface area (Å²) in [6.07, 6.45) is 6.49. The van der Waals surface area contributed by atoms with Crippen LogP contribution in [0.15, 0.2) is 108 Å². The Bertz CT molecular complexity index is 2560. The normalized spacial score (nSPS) is 14.5. The van der Waals surface area contributed by atoms with Crippen molar-refractivity contribution in [1.29, 1.82) is 0 Å². The van der Waals surface area contributed by atoms with E-state index in [0.717, 1.165) is 52.9 Å². The van der Waals surface area contributed by atoms with Gasteiger partial charge in [-0.3, -0.25) is 14.4 Å². The Morgan fingerprint density at radius 2 is 1.39 bits per heavy atom. The molecule has 2 heterocycles. The number of ether oxygens (including phenoxy) is 7. The van der Waals surface area contributed by atoms with E-state index in [1.54, 1.807) is 18.5 Å². The van der Waals surface area contributed by atoms with Gasteiger partial charge in [0.15, 0.2) is 5.78 Å². The van der Waals surface area contributed by atoms with Crippen molar-refractivity contribution in [2.75, 3.05) is 96.1 Å². The second kappa shape index (κ2) is 33.4. The largest absolute Gasteiger partial charge is 0.491 e. The van der Waals surface area contributed by atoms with Gasteiger partial charge >= 0.3 is 0 Å². The molecule has 5 aromatic rings. The summed E-state index contributed by atoms with van der Waals surface area (Å²) in [5.41, 5.74) is 6.51. The van der Waals surface area contributed by atoms with Crippen molar-refractivity contribution in [3.05, 3.63) is 146 Å². The molecule has 2 N–H and O–H groups in total. The summed E-state index contributed by atoms with van der Waals surface area (Å²) < 4.78 is 39.5. The molecule has 0 fully saturated rings. The first kappa shape index (κ1) is 60.2. The van der Waals surface area contributed by atoms with E-state index < -0.39 is 5.91 Å². The number of Topliss-reactive ketones (excluding diaryl/α,β-unsaturated/α-hetero) is 1. The highest BCUT2D eigenvalue weighted by molar-refractivity contribution is 7.59. The minimum atomic E-state index is -0.421. The van der Waals surface area contributed by atoms with E-state index in [4.69, 9.17) is 51.3 Å². The van der Waals surface area contributed by atoms with Gasteiger partial charge in [-0.05, 0) is 103 Å². The molecule has 15 nitrogen and oxygen atoms in total. The number of anilines is 2. The Morgan fingerprint density at radius 3 is 1.95 bits per heavy atom. The summed E-state index contributed by atoms with van der Waals surface area (Å²) >= 11 is 7.50. The van der Waals surface area contributed by atoms with Crippen molar-refractivity contribution < 1.29 is 47.5 Å². The van der Waals surface area contributed by atoms with E-state index in [0.29, 0.717) is 120 Å². The first-order chi connectivity index (χ1) is 36.1. The zero-order valence-corrected chi connectivity index (χ0v) is 45.6. The molecule has 0 radical (unpaired) electrons. The van der Waals surface area contributed by atoms with Gasteiger partial charge in [-0.15, -0.1) is 11.3 Å². The van der Waals surface area contributed by atoms with Gasteiger partial charge in [-0.25, -0.2) is 9.83 Å². The molecule has 6 rings (SSSR count). The molecule has 402 valence electrons. The fourth-order valence-electron chi connectivity index (χ4n) is 8.37. The van der Waals surface area contributed by atoms with Crippen LogP contribution in [0.5, 0.6) is 5.75 Å². The zero-order valence-electron chi connectivity index (χ0n) is 43.1. The highest BCUT2D eigenvalue weighted by Crippen LogP contribution is 2.41. The van der Waals surface area contributed by atoms with Crippen molar-refractivity contribution in [1.82, 2.24) is 10.3 Å². The number of halogens is 1. The molecule has 18 heteroatoms. The number of carbonyl (C=O) groups excluding carboxylic acids is 3. The van der Waals surface area contributed by atoms with Crippen LogP contribution >= 0.6 is 36.4 Å². The molecular formula is C57H70ClN5O10S2. The molecule has 0 unspecified atom stereocenters. The van der Waals surface area contributed by atoms with Gasteiger partial charge in [-0.2, -0.15) is 13.5 Å². The van der Waals surface area contributed by atoms with Crippen LogP contribution in [0.25, 0.3) is 22.0 Å². The molecule has 3 atom stereocenters. The van der Waals surface area contributed by atoms with Gasteiger partial charge in [0.2, 0.25) is 5.91 Å². The van der Waals surface area contributed by atoms with E-state index >= 15 is 0 Å². The van der Waals surface area contributed by atoms with Gasteiger partial charge in [0.25, 0.3) is 11.6 Å². The maximum Gasteiger partial charge on any atom is 0.252 e. The maximum absolute atomic E-state index is 13.0. The first-order valence-electron chi connectivity index (χ1n) is 25.2. The van der Waals surface area contributed by atoms with Crippen molar-refractivity contribution in [3.63, 3.8) is 0 Å². The van der Waals surface area contributed by atoms with Crippen LogP contribution in [0.1, 0.15) is 91.5 Å². The van der Waals surface area contributed by atoms with Crippen molar-refractivity contribution in [2.45, 2.75) is 71.0 Å². The predicted octanol–water partition coefficient (Wildman–Crippen LogP) is 10.9. The topological polar surface area (TPSA) is 160 Å². The van der Waals surface area contributed by atoms with Gasteiger partial charge < -0.3 is 48.7 Å². The Hall–Kier alpha value is -5.65. The minimum absolute atomic E-state index is 0. The predicted molar refractivity (Wildman–Crippen MR) is 300 cm³/mol. The van der Waals surface area contributed by atoms with Gasteiger partial charge in [0.05, 0.1) is 91.3 Å². The lowest BCUT2D eigenvalue weighted by atomic mass is 9.88. The number of nitrogens with zero attached hydrogens (tertiary/aromatic N) is 3. The van der Waals surface area contributed by atoms with E-state index in [1.165, 1.54) is 17.4 Å². The lowest BCUT2D eigenvalue weighted by Gasteiger charge is -2.39. The van der Waals surface area contributed by atoms with Crippen molar-refractivity contribution >= 4 is 71.5 Å². The standard InChI is InChI=1S/C57H68ClN5O10S.H2S/c1-5-7-51(62-57(66)53(59-4)40-56-60-23-37-74-56)44-13-20-49(21-14-44)73-36-35-72-34-33-71-32-31-70-30-29-69-28-27-68-26-25-67-24-6-8-55(65)45-11-9-43(10-12-45)46-15-22-54-50(39-46)52(38-41(2)63(54)42(3)64)61-48-18-16-47(58)17-19-48;/h9-23,37,39-41,51-52,61H,5-8,24-36,38H2,1-3H3,(H,62,66);1H2/b53-40-;/t41-,51-,52+;/m0./s1. The molecule has 1 aliphatic rings. The second-order valence-corrected chi connectivity index (χ2v) is 18.8. The van der Waals surface area contributed by atoms with Gasteiger partial charge in [-0.1, -0.05) is 67.4 Å². The fourth-order valence-corrected chi connectivity index (χ4v) is 9.05. The molecule has 1 aromatic heterocycles. The second-order valence-electron chi connectivity index (χ2n) is 17.5. The maximum atomic E-state index is 13.0. The van der Waals surface area contributed by atoms with Gasteiger partial charge in [0.1, 0.15) is 17.4 Å². The summed E-state index contributed by atoms with van der Waals surface area (Å²) in [6, 6.07) is 28.9. The van der Waals surface area contributed by atoms with Crippen LogP contribution in [0.2, 0.25) is 5.02 Å². The molecule has 0 aliphatic carbocycles. The van der Waals surface area contributed by atoms with E-state index in [1.807, 2.05) is 89.8 Å². The molecule has 75 heavy (non-hydrogen) atoms. The summed E-state index contributed by atoms with van der Waals surface area (Å²) in [5, 5.41) is 9.73. The molecule has 0 spiro atoms. The number of thiazole rings is 1. The van der Waals surface area contributed by atoms with Gasteiger partial charge in [0, 0.05) is 59.5 Å². The lowest BCUT2D eigenvalue weighted by molar-refractivity contribution is -0.118. The van der Waals surface area contributed by atoms with Crippen LogP contribution in [0.4, 0.5) is 11.4 Å². The zero-order chi connectivity index (χ0) is 52.3. The molecule has 0 saturated carbocycles. The first-order valence-corrected chi connectivity index (χ1v) is 26.5. The average molecular weight is 1080 g/mol. The highest BCUT2D eigenvalue weighted by Gasteiger charge is 2.33. The Kier molecular flexibility index (Phi) is 26.8. The third-order valence-corrected chi connectivity index (χ3v) is 13.0. The highest BCUT2D eigenvalue weighted by atomic mass is 35.5. The number of carbonyl (C=O) groups is 3. The number of aromatic nitrogens is 1. The third-order valence-electron chi connectivity index (χ3n) is 12.0. The summed E-state index contributed by atoms with van der Waals surface area (Å²) in [7, 11) is 0. The van der Waals surface area contributed by atoms with Crippen LogP contribution in [0.3, 0.4) is 0 Å². The van der Waals surface area contributed by atoms with E-state index in [-0.39, 0.29) is 49.0 Å². The molecular weight excluding hydrogens is 1010 g/mol. The fraction of sp³-hybridized carbons (Fsp3) is 0.421. The molecule has 2 amide bonds. The number of nitrogens with one attached hydrogen (secondary N) is 2. The molecule has 0 bridgehead atoms. The Labute approximate surface area is 457 Å². The van der Waals surface area contributed by atoms with Crippen molar-refractivity contribution in [2.24, 2.45) is 0 Å². The number of hydrogen-bond donors (Lipinski definition) is 2.